The van der Waals surface area contributed by atoms with Gasteiger partial charge in [0, 0.05) is 31.2 Å². The maximum absolute atomic E-state index is 14.0. The Morgan fingerprint density at radius 2 is 2.00 bits per heavy atom. The van der Waals surface area contributed by atoms with E-state index in [0.717, 1.165) is 25.0 Å². The van der Waals surface area contributed by atoms with Crippen LogP contribution in [0.4, 0.5) is 8.78 Å². The zero-order chi connectivity index (χ0) is 17.7. The summed E-state index contributed by atoms with van der Waals surface area (Å²) in [5.74, 6) is -1.93. The van der Waals surface area contributed by atoms with Gasteiger partial charge in [-0.25, -0.2) is 8.78 Å². The molecule has 3 N–H and O–H groups in total. The third-order valence-corrected chi connectivity index (χ3v) is 4.08. The first kappa shape index (κ1) is 18.3. The number of nitrogens with one attached hydrogen (secondary N) is 2. The Morgan fingerprint density at radius 3 is 2.54 bits per heavy atom. The molecule has 1 aliphatic rings. The molecule has 0 heterocycles. The van der Waals surface area contributed by atoms with Crippen LogP contribution in [-0.4, -0.2) is 29.6 Å². The molecule has 2 rings (SSSR count). The van der Waals surface area contributed by atoms with E-state index in [4.69, 9.17) is 5.11 Å². The highest BCUT2D eigenvalue weighted by Gasteiger charge is 2.32. The van der Waals surface area contributed by atoms with Gasteiger partial charge in [0.2, 0.25) is 11.8 Å². The quantitative estimate of drug-likeness (QED) is 0.675. The van der Waals surface area contributed by atoms with Crippen molar-refractivity contribution in [2.75, 3.05) is 6.61 Å². The molecule has 2 unspecified atom stereocenters. The van der Waals surface area contributed by atoms with Crippen LogP contribution in [0.5, 0.6) is 0 Å². The van der Waals surface area contributed by atoms with E-state index < -0.39 is 23.6 Å². The largest absolute Gasteiger partial charge is 0.396 e. The fraction of sp³-hybridized carbons (Fsp3) is 0.529. The number of hydrogen-bond acceptors (Lipinski definition) is 3. The van der Waals surface area contributed by atoms with Gasteiger partial charge in [0.25, 0.3) is 0 Å². The number of rotatable bonds is 8. The number of carbonyl (C=O) groups is 2. The van der Waals surface area contributed by atoms with E-state index in [1.54, 1.807) is 0 Å². The molecular weight excluding hydrogens is 318 g/mol. The highest BCUT2D eigenvalue weighted by atomic mass is 19.1. The lowest BCUT2D eigenvalue weighted by molar-refractivity contribution is -0.123. The average molecular weight is 340 g/mol. The lowest BCUT2D eigenvalue weighted by Gasteiger charge is -2.22. The maximum Gasteiger partial charge on any atom is 0.222 e. The highest BCUT2D eigenvalue weighted by Crippen LogP contribution is 2.34. The van der Waals surface area contributed by atoms with Gasteiger partial charge in [0.15, 0.2) is 0 Å². The van der Waals surface area contributed by atoms with Crippen LogP contribution in [0, 0.1) is 17.6 Å². The van der Waals surface area contributed by atoms with Gasteiger partial charge >= 0.3 is 0 Å². The topological polar surface area (TPSA) is 78.4 Å². The van der Waals surface area contributed by atoms with Crippen LogP contribution in [0.2, 0.25) is 0 Å². The van der Waals surface area contributed by atoms with Crippen LogP contribution in [0.3, 0.4) is 0 Å². The first-order chi connectivity index (χ1) is 11.4. The molecule has 132 valence electrons. The fourth-order valence-electron chi connectivity index (χ4n) is 2.78. The van der Waals surface area contributed by atoms with Gasteiger partial charge in [-0.1, -0.05) is 6.07 Å². The molecule has 1 fully saturated rings. The minimum absolute atomic E-state index is 0.0246. The predicted octanol–water partition coefficient (Wildman–Crippen LogP) is 1.81. The summed E-state index contributed by atoms with van der Waals surface area (Å²) in [6.45, 7) is 1.24. The third kappa shape index (κ3) is 5.26. The summed E-state index contributed by atoms with van der Waals surface area (Å²) in [6, 6.07) is 2.05. The summed E-state index contributed by atoms with van der Waals surface area (Å²) in [6.07, 6.45) is 2.32. The SMILES string of the molecule is CC(=O)NC(CC(=O)NC(CCO)C1CC1)c1ccc(F)cc1F. The maximum atomic E-state index is 14.0. The number of carbonyl (C=O) groups excluding carboxylic acids is 2. The Bertz CT molecular complexity index is 605. The van der Waals surface area contributed by atoms with Crippen molar-refractivity contribution in [2.24, 2.45) is 5.92 Å². The summed E-state index contributed by atoms with van der Waals surface area (Å²) in [5.41, 5.74) is 0.0619. The van der Waals surface area contributed by atoms with E-state index in [1.165, 1.54) is 13.0 Å². The van der Waals surface area contributed by atoms with Crippen LogP contribution >= 0.6 is 0 Å². The number of halogens is 2. The zero-order valence-electron chi connectivity index (χ0n) is 13.5. The molecule has 1 aromatic carbocycles. The van der Waals surface area contributed by atoms with Gasteiger partial charge < -0.3 is 15.7 Å². The summed E-state index contributed by atoms with van der Waals surface area (Å²) >= 11 is 0. The molecule has 0 radical (unpaired) electrons. The minimum atomic E-state index is -0.878. The summed E-state index contributed by atoms with van der Waals surface area (Å²) in [5, 5.41) is 14.4. The molecular formula is C17H22F2N2O3. The molecule has 0 spiro atoms. The van der Waals surface area contributed by atoms with Crippen molar-refractivity contribution in [1.29, 1.82) is 0 Å². The molecule has 7 heteroatoms. The average Bonchev–Trinajstić information content (AvgIpc) is 3.30. The van der Waals surface area contributed by atoms with E-state index in [0.29, 0.717) is 12.3 Å². The number of hydrogen-bond donors (Lipinski definition) is 3. The first-order valence-corrected chi connectivity index (χ1v) is 8.03. The van der Waals surface area contributed by atoms with Crippen LogP contribution in [0.1, 0.15) is 44.2 Å². The molecule has 0 aliphatic heterocycles. The van der Waals surface area contributed by atoms with Gasteiger partial charge in [-0.3, -0.25) is 9.59 Å². The second kappa shape index (κ2) is 8.19. The summed E-state index contributed by atoms with van der Waals surface area (Å²) < 4.78 is 27.0. The number of benzene rings is 1. The molecule has 0 saturated heterocycles. The Labute approximate surface area is 139 Å². The van der Waals surface area contributed by atoms with Crippen LogP contribution in [0.15, 0.2) is 18.2 Å². The van der Waals surface area contributed by atoms with Crippen LogP contribution < -0.4 is 10.6 Å². The number of aliphatic hydroxyl groups is 1. The predicted molar refractivity (Wildman–Crippen MR) is 83.9 cm³/mol. The van der Waals surface area contributed by atoms with Crippen molar-refractivity contribution in [1.82, 2.24) is 10.6 Å². The van der Waals surface area contributed by atoms with Gasteiger partial charge in [-0.05, 0) is 31.2 Å². The number of aliphatic hydroxyl groups excluding tert-OH is 1. The Hall–Kier alpha value is -2.02. The van der Waals surface area contributed by atoms with Crippen molar-refractivity contribution >= 4 is 11.8 Å². The Kier molecular flexibility index (Phi) is 6.25. The van der Waals surface area contributed by atoms with Crippen molar-refractivity contribution in [2.45, 2.75) is 44.7 Å². The van der Waals surface area contributed by atoms with E-state index >= 15 is 0 Å². The Balaban J connectivity index is 2.07. The van der Waals surface area contributed by atoms with Crippen molar-refractivity contribution in [3.05, 3.63) is 35.4 Å². The highest BCUT2D eigenvalue weighted by molar-refractivity contribution is 5.79. The fourth-order valence-corrected chi connectivity index (χ4v) is 2.78. The lowest BCUT2D eigenvalue weighted by Crippen LogP contribution is -2.39. The van der Waals surface area contributed by atoms with Crippen molar-refractivity contribution < 1.29 is 23.5 Å². The second-order valence-electron chi connectivity index (χ2n) is 6.15. The normalized spacial score (nSPS) is 16.3. The molecule has 0 bridgehead atoms. The second-order valence-corrected chi connectivity index (χ2v) is 6.15. The zero-order valence-corrected chi connectivity index (χ0v) is 13.5. The summed E-state index contributed by atoms with van der Waals surface area (Å²) in [7, 11) is 0. The monoisotopic (exact) mass is 340 g/mol. The van der Waals surface area contributed by atoms with Crippen LogP contribution in [-0.2, 0) is 9.59 Å². The molecule has 5 nitrogen and oxygen atoms in total. The molecule has 2 atom stereocenters. The summed E-state index contributed by atoms with van der Waals surface area (Å²) in [4.78, 5) is 23.6. The van der Waals surface area contributed by atoms with E-state index in [1.807, 2.05) is 0 Å². The van der Waals surface area contributed by atoms with Crippen molar-refractivity contribution in [3.8, 4) is 0 Å². The molecule has 24 heavy (non-hydrogen) atoms. The van der Waals surface area contributed by atoms with E-state index in [9.17, 15) is 18.4 Å². The van der Waals surface area contributed by atoms with Gasteiger partial charge in [0.1, 0.15) is 11.6 Å². The van der Waals surface area contributed by atoms with Crippen LogP contribution in [0.25, 0.3) is 0 Å². The Morgan fingerprint density at radius 1 is 1.29 bits per heavy atom. The van der Waals surface area contributed by atoms with E-state index in [2.05, 4.69) is 10.6 Å². The van der Waals surface area contributed by atoms with Gasteiger partial charge in [0.05, 0.1) is 12.5 Å². The molecule has 1 aliphatic carbocycles. The first-order valence-electron chi connectivity index (χ1n) is 8.03. The van der Waals surface area contributed by atoms with Gasteiger partial charge in [-0.2, -0.15) is 0 Å². The lowest BCUT2D eigenvalue weighted by atomic mass is 10.0. The number of amides is 2. The van der Waals surface area contributed by atoms with Gasteiger partial charge in [-0.15, -0.1) is 0 Å². The van der Waals surface area contributed by atoms with Crippen molar-refractivity contribution in [3.63, 3.8) is 0 Å². The molecule has 2 amide bonds. The molecule has 0 aromatic heterocycles. The third-order valence-electron chi connectivity index (χ3n) is 4.08. The minimum Gasteiger partial charge on any atom is -0.396 e. The van der Waals surface area contributed by atoms with E-state index in [-0.39, 0.29) is 30.5 Å². The molecule has 1 aromatic rings. The smallest absolute Gasteiger partial charge is 0.222 e. The molecule has 1 saturated carbocycles. The standard InChI is InChI=1S/C17H22F2N2O3/c1-10(23)20-16(13-5-4-12(18)8-14(13)19)9-17(24)21-15(6-7-22)11-2-3-11/h4-5,8,11,15-16,22H,2-3,6-7,9H2,1H3,(H,20,23)(H,21,24).